The van der Waals surface area contributed by atoms with Crippen LogP contribution in [0.5, 0.6) is 0 Å². The van der Waals surface area contributed by atoms with E-state index in [4.69, 9.17) is 4.99 Å². The van der Waals surface area contributed by atoms with Gasteiger partial charge < -0.3 is 14.8 Å². The van der Waals surface area contributed by atoms with E-state index < -0.39 is 0 Å². The first-order chi connectivity index (χ1) is 12.6. The van der Waals surface area contributed by atoms with Gasteiger partial charge in [-0.3, -0.25) is 4.79 Å². The van der Waals surface area contributed by atoms with E-state index >= 15 is 0 Å². The fraction of sp³-hybridized carbons (Fsp3) is 0.429. The molecule has 1 aromatic carbocycles. The first-order valence-corrected chi connectivity index (χ1v) is 9.36. The lowest BCUT2D eigenvalue weighted by molar-refractivity contribution is 0.465. The number of nitrogens with zero attached hydrogens (tertiary/aromatic N) is 3. The minimum Gasteiger partial charge on any atom is -0.357 e. The Labute approximate surface area is 156 Å². The molecular formula is C21H30N4O. The number of hydrogen-bond acceptors (Lipinski definition) is 2. The number of hydrogen-bond donors (Lipinski definition) is 1. The van der Waals surface area contributed by atoms with Crippen LogP contribution in [0.15, 0.2) is 58.4 Å². The Hall–Kier alpha value is -2.56. The van der Waals surface area contributed by atoms with E-state index in [1.807, 2.05) is 12.3 Å². The number of pyridine rings is 1. The van der Waals surface area contributed by atoms with Gasteiger partial charge in [0.15, 0.2) is 5.96 Å². The second kappa shape index (κ2) is 10.4. The van der Waals surface area contributed by atoms with E-state index in [9.17, 15) is 4.79 Å². The molecule has 0 aliphatic carbocycles. The summed E-state index contributed by atoms with van der Waals surface area (Å²) in [4.78, 5) is 18.7. The molecule has 1 heterocycles. The molecule has 0 amide bonds. The Kier molecular flexibility index (Phi) is 7.93. The van der Waals surface area contributed by atoms with Crippen LogP contribution in [0.25, 0.3) is 0 Å². The Morgan fingerprint density at radius 1 is 1.12 bits per heavy atom. The van der Waals surface area contributed by atoms with Crippen molar-refractivity contribution >= 4 is 5.96 Å². The summed E-state index contributed by atoms with van der Waals surface area (Å²) in [5.74, 6) is 0.945. The van der Waals surface area contributed by atoms with Crippen molar-refractivity contribution in [3.05, 3.63) is 70.1 Å². The molecule has 5 heteroatoms. The second-order valence-electron chi connectivity index (χ2n) is 6.43. The average Bonchev–Trinajstić information content (AvgIpc) is 2.66. The van der Waals surface area contributed by atoms with Crippen molar-refractivity contribution < 1.29 is 0 Å². The first-order valence-electron chi connectivity index (χ1n) is 9.36. The molecule has 2 rings (SSSR count). The van der Waals surface area contributed by atoms with Crippen molar-refractivity contribution in [3.8, 4) is 0 Å². The summed E-state index contributed by atoms with van der Waals surface area (Å²) in [6, 6.07) is 13.5. The van der Waals surface area contributed by atoms with Gasteiger partial charge in [0.25, 0.3) is 5.56 Å². The summed E-state index contributed by atoms with van der Waals surface area (Å²) in [5.41, 5.74) is 2.29. The van der Waals surface area contributed by atoms with Gasteiger partial charge >= 0.3 is 0 Å². The van der Waals surface area contributed by atoms with Gasteiger partial charge in [0, 0.05) is 32.4 Å². The average molecular weight is 354 g/mol. The number of benzene rings is 1. The summed E-state index contributed by atoms with van der Waals surface area (Å²) in [5, 5.41) is 3.35. The highest BCUT2D eigenvalue weighted by Gasteiger charge is 2.05. The van der Waals surface area contributed by atoms with Gasteiger partial charge in [-0.2, -0.15) is 0 Å². The first kappa shape index (κ1) is 19.8. The van der Waals surface area contributed by atoms with Crippen molar-refractivity contribution in [2.24, 2.45) is 4.99 Å². The maximum Gasteiger partial charge on any atom is 0.250 e. The third-order valence-corrected chi connectivity index (χ3v) is 4.23. The molecule has 26 heavy (non-hydrogen) atoms. The molecule has 0 saturated heterocycles. The van der Waals surface area contributed by atoms with Gasteiger partial charge in [-0.15, -0.1) is 0 Å². The summed E-state index contributed by atoms with van der Waals surface area (Å²) >= 11 is 0. The van der Waals surface area contributed by atoms with Gasteiger partial charge in [0.05, 0.1) is 13.1 Å². The molecule has 0 spiro atoms. The number of unbranched alkanes of at least 4 members (excludes halogenated alkanes) is 1. The predicted octanol–water partition coefficient (Wildman–Crippen LogP) is 3.09. The van der Waals surface area contributed by atoms with Gasteiger partial charge in [0.1, 0.15) is 0 Å². The number of nitrogens with one attached hydrogen (secondary N) is 1. The third kappa shape index (κ3) is 6.06. The van der Waals surface area contributed by atoms with Gasteiger partial charge in [-0.1, -0.05) is 43.7 Å². The lowest BCUT2D eigenvalue weighted by Gasteiger charge is -2.21. The smallest absolute Gasteiger partial charge is 0.250 e. The summed E-state index contributed by atoms with van der Waals surface area (Å²) < 4.78 is 1.71. The molecule has 1 N–H and O–H groups in total. The summed E-state index contributed by atoms with van der Waals surface area (Å²) in [7, 11) is 2.08. The third-order valence-electron chi connectivity index (χ3n) is 4.23. The van der Waals surface area contributed by atoms with Crippen LogP contribution in [-0.4, -0.2) is 35.6 Å². The fourth-order valence-electron chi connectivity index (χ4n) is 2.68. The van der Waals surface area contributed by atoms with E-state index in [2.05, 4.69) is 55.4 Å². The van der Waals surface area contributed by atoms with Crippen LogP contribution >= 0.6 is 0 Å². The number of aromatic nitrogens is 1. The van der Waals surface area contributed by atoms with Crippen molar-refractivity contribution in [2.45, 2.75) is 39.8 Å². The van der Waals surface area contributed by atoms with Gasteiger partial charge in [0.2, 0.25) is 0 Å². The quantitative estimate of drug-likeness (QED) is 0.585. The van der Waals surface area contributed by atoms with E-state index in [0.29, 0.717) is 13.1 Å². The predicted molar refractivity (Wildman–Crippen MR) is 109 cm³/mol. The van der Waals surface area contributed by atoms with E-state index in [0.717, 1.165) is 36.6 Å². The van der Waals surface area contributed by atoms with Gasteiger partial charge in [-0.25, -0.2) is 4.99 Å². The van der Waals surface area contributed by atoms with Crippen molar-refractivity contribution in [3.63, 3.8) is 0 Å². The van der Waals surface area contributed by atoms with Crippen molar-refractivity contribution in [1.29, 1.82) is 0 Å². The lowest BCUT2D eigenvalue weighted by Crippen LogP contribution is -2.39. The Bertz CT molecular complexity index is 749. The van der Waals surface area contributed by atoms with E-state index in [1.54, 1.807) is 16.7 Å². The zero-order valence-corrected chi connectivity index (χ0v) is 16.1. The van der Waals surface area contributed by atoms with Crippen LogP contribution in [0, 0.1) is 0 Å². The molecule has 0 aliphatic rings. The summed E-state index contributed by atoms with van der Waals surface area (Å²) in [6.07, 6.45) is 4.15. The molecule has 0 aliphatic heterocycles. The number of aliphatic imine (C=N–C) groups is 1. The highest BCUT2D eigenvalue weighted by atomic mass is 16.1. The molecule has 0 atom stereocenters. The zero-order valence-electron chi connectivity index (χ0n) is 16.1. The molecule has 0 bridgehead atoms. The monoisotopic (exact) mass is 354 g/mol. The van der Waals surface area contributed by atoms with Crippen molar-refractivity contribution in [1.82, 2.24) is 14.8 Å². The molecule has 1 aromatic heterocycles. The Balaban J connectivity index is 2.00. The van der Waals surface area contributed by atoms with Crippen LogP contribution < -0.4 is 10.9 Å². The maximum absolute atomic E-state index is 11.8. The Morgan fingerprint density at radius 3 is 2.50 bits per heavy atom. The molecule has 140 valence electrons. The largest absolute Gasteiger partial charge is 0.357 e. The van der Waals surface area contributed by atoms with Crippen molar-refractivity contribution in [2.75, 3.05) is 20.1 Å². The highest BCUT2D eigenvalue weighted by molar-refractivity contribution is 5.79. The van der Waals surface area contributed by atoms with Crippen LogP contribution in [0.2, 0.25) is 0 Å². The zero-order chi connectivity index (χ0) is 18.8. The highest BCUT2D eigenvalue weighted by Crippen LogP contribution is 2.07. The number of guanidine groups is 1. The molecule has 0 saturated carbocycles. The fourth-order valence-corrected chi connectivity index (χ4v) is 2.68. The number of rotatable bonds is 8. The van der Waals surface area contributed by atoms with E-state index in [1.165, 1.54) is 6.42 Å². The maximum atomic E-state index is 11.8. The minimum absolute atomic E-state index is 0.0200. The second-order valence-corrected chi connectivity index (χ2v) is 6.43. The molecule has 2 aromatic rings. The van der Waals surface area contributed by atoms with E-state index in [-0.39, 0.29) is 5.56 Å². The summed E-state index contributed by atoms with van der Waals surface area (Å²) in [6.45, 7) is 7.38. The Morgan fingerprint density at radius 2 is 1.85 bits per heavy atom. The molecule has 0 unspecified atom stereocenters. The normalized spacial score (nSPS) is 11.4. The molecule has 0 fully saturated rings. The van der Waals surface area contributed by atoms with Crippen LogP contribution in [0.3, 0.4) is 0 Å². The van der Waals surface area contributed by atoms with Crippen LogP contribution in [-0.2, 0) is 13.1 Å². The SMILES string of the molecule is CCCCN(C)C(=NCc1ccc(Cn2ccccc2=O)cc1)NCC. The van der Waals surface area contributed by atoms with Gasteiger partial charge in [-0.05, 0) is 30.5 Å². The molecular weight excluding hydrogens is 324 g/mol. The van der Waals surface area contributed by atoms with Crippen LogP contribution in [0.4, 0.5) is 0 Å². The minimum atomic E-state index is 0.0200. The molecule has 0 radical (unpaired) electrons. The van der Waals surface area contributed by atoms with Crippen LogP contribution in [0.1, 0.15) is 37.8 Å². The topological polar surface area (TPSA) is 49.6 Å². The molecule has 5 nitrogen and oxygen atoms in total. The lowest BCUT2D eigenvalue weighted by atomic mass is 10.1. The standard InChI is InChI=1S/C21H30N4O/c1-4-6-14-24(3)21(22-5-2)23-16-18-10-12-19(13-11-18)17-25-15-8-7-9-20(25)26/h7-13,15H,4-6,14,16-17H2,1-3H3,(H,22,23).